The van der Waals surface area contributed by atoms with Gasteiger partial charge in [0.2, 0.25) is 5.91 Å². The second-order valence-electron chi connectivity index (χ2n) is 6.02. The molecule has 0 aliphatic carbocycles. The van der Waals surface area contributed by atoms with E-state index < -0.39 is 0 Å². The van der Waals surface area contributed by atoms with Gasteiger partial charge in [-0.3, -0.25) is 4.79 Å². The Morgan fingerprint density at radius 1 is 1.36 bits per heavy atom. The van der Waals surface area contributed by atoms with E-state index >= 15 is 0 Å². The van der Waals surface area contributed by atoms with Gasteiger partial charge in [-0.1, -0.05) is 18.2 Å². The van der Waals surface area contributed by atoms with Gasteiger partial charge in [0.05, 0.1) is 12.5 Å². The number of hydrogen-bond acceptors (Lipinski definition) is 3. The van der Waals surface area contributed by atoms with Crippen molar-refractivity contribution in [2.45, 2.75) is 52.3 Å². The minimum Gasteiger partial charge on any atom is -0.491 e. The molecule has 0 aromatic heterocycles. The van der Waals surface area contributed by atoms with Crippen LogP contribution in [0.5, 0.6) is 5.75 Å². The van der Waals surface area contributed by atoms with Crippen LogP contribution in [0.2, 0.25) is 0 Å². The summed E-state index contributed by atoms with van der Waals surface area (Å²) in [4.78, 5) is 14.6. The van der Waals surface area contributed by atoms with Crippen LogP contribution in [0.3, 0.4) is 0 Å². The summed E-state index contributed by atoms with van der Waals surface area (Å²) in [5.74, 6) is 0.993. The van der Waals surface area contributed by atoms with E-state index in [1.807, 2.05) is 43.0 Å². The predicted molar refractivity (Wildman–Crippen MR) is 91.8 cm³/mol. The molecule has 1 aromatic carbocycles. The number of nitrogens with zero attached hydrogens (tertiary/aromatic N) is 1. The molecule has 5 heteroatoms. The van der Waals surface area contributed by atoms with Gasteiger partial charge in [0.25, 0.3) is 0 Å². The van der Waals surface area contributed by atoms with Crippen molar-refractivity contribution in [2.75, 3.05) is 13.1 Å². The first-order valence-electron chi connectivity index (χ1n) is 7.76. The Morgan fingerprint density at radius 2 is 2.05 bits per heavy atom. The van der Waals surface area contributed by atoms with Crippen molar-refractivity contribution in [3.05, 3.63) is 29.8 Å². The molecular formula is C17H27ClN2O2. The van der Waals surface area contributed by atoms with Crippen LogP contribution < -0.4 is 10.1 Å². The molecule has 22 heavy (non-hydrogen) atoms. The first-order chi connectivity index (χ1) is 9.99. The Hall–Kier alpha value is -1.26. The zero-order valence-corrected chi connectivity index (χ0v) is 14.7. The third-order valence-electron chi connectivity index (χ3n) is 4.03. The Morgan fingerprint density at radius 3 is 2.73 bits per heavy atom. The molecule has 0 radical (unpaired) electrons. The van der Waals surface area contributed by atoms with E-state index in [0.717, 1.165) is 24.4 Å². The number of carbonyl (C=O) groups is 1. The van der Waals surface area contributed by atoms with Crippen LogP contribution in [0.25, 0.3) is 0 Å². The van der Waals surface area contributed by atoms with Gasteiger partial charge in [-0.15, -0.1) is 12.4 Å². The molecule has 1 aliphatic heterocycles. The van der Waals surface area contributed by atoms with E-state index in [0.29, 0.717) is 12.5 Å². The van der Waals surface area contributed by atoms with Crippen molar-refractivity contribution >= 4 is 18.3 Å². The second kappa shape index (κ2) is 8.39. The maximum absolute atomic E-state index is 12.6. The highest BCUT2D eigenvalue weighted by atomic mass is 35.5. The lowest BCUT2D eigenvalue weighted by atomic mass is 10.0. The standard InChI is InChI=1S/C17H26N2O2.ClH/c1-12(2)21-16-8-6-5-7-15(16)11-17(20)19-10-9-18-13(3)14(19)4;/h5-8,12-14,18H,9-11H2,1-4H3;1H. The van der Waals surface area contributed by atoms with Gasteiger partial charge >= 0.3 is 0 Å². The third kappa shape index (κ3) is 4.62. The van der Waals surface area contributed by atoms with Crippen LogP contribution >= 0.6 is 12.4 Å². The molecule has 1 fully saturated rings. The molecule has 1 aromatic rings. The number of hydrogen-bond donors (Lipinski definition) is 1. The molecule has 1 heterocycles. The molecule has 0 bridgehead atoms. The summed E-state index contributed by atoms with van der Waals surface area (Å²) < 4.78 is 5.80. The Labute approximate surface area is 139 Å². The summed E-state index contributed by atoms with van der Waals surface area (Å²) in [6.07, 6.45) is 0.513. The minimum absolute atomic E-state index is 0. The third-order valence-corrected chi connectivity index (χ3v) is 4.03. The summed E-state index contributed by atoms with van der Waals surface area (Å²) in [6.45, 7) is 9.86. The van der Waals surface area contributed by atoms with Crippen molar-refractivity contribution in [3.63, 3.8) is 0 Å². The highest BCUT2D eigenvalue weighted by molar-refractivity contribution is 5.85. The Bertz CT molecular complexity index is 493. The highest BCUT2D eigenvalue weighted by Gasteiger charge is 2.28. The molecule has 4 nitrogen and oxygen atoms in total. The van der Waals surface area contributed by atoms with E-state index in [-0.39, 0.29) is 30.5 Å². The number of rotatable bonds is 4. The number of benzene rings is 1. The number of para-hydroxylation sites is 1. The zero-order valence-electron chi connectivity index (χ0n) is 13.8. The molecule has 1 aliphatic rings. The van der Waals surface area contributed by atoms with Gasteiger partial charge in [-0.25, -0.2) is 0 Å². The van der Waals surface area contributed by atoms with Gasteiger partial charge in [-0.2, -0.15) is 0 Å². The monoisotopic (exact) mass is 326 g/mol. The lowest BCUT2D eigenvalue weighted by molar-refractivity contribution is -0.134. The van der Waals surface area contributed by atoms with Gasteiger partial charge in [0.1, 0.15) is 5.75 Å². The van der Waals surface area contributed by atoms with Crippen LogP contribution in [0, 0.1) is 0 Å². The highest BCUT2D eigenvalue weighted by Crippen LogP contribution is 2.21. The van der Waals surface area contributed by atoms with Crippen LogP contribution in [-0.4, -0.2) is 42.1 Å². The van der Waals surface area contributed by atoms with E-state index in [4.69, 9.17) is 4.74 Å². The lowest BCUT2D eigenvalue weighted by Crippen LogP contribution is -2.57. The Kier molecular flexibility index (Phi) is 7.17. The largest absolute Gasteiger partial charge is 0.491 e. The minimum atomic E-state index is 0. The molecule has 1 saturated heterocycles. The fourth-order valence-corrected chi connectivity index (χ4v) is 2.69. The summed E-state index contributed by atoms with van der Waals surface area (Å²) in [7, 11) is 0. The van der Waals surface area contributed by atoms with Crippen molar-refractivity contribution in [2.24, 2.45) is 0 Å². The average molecular weight is 327 g/mol. The van der Waals surface area contributed by atoms with E-state index in [1.54, 1.807) is 0 Å². The quantitative estimate of drug-likeness (QED) is 0.925. The number of halogens is 1. The number of piperazine rings is 1. The fourth-order valence-electron chi connectivity index (χ4n) is 2.69. The topological polar surface area (TPSA) is 41.6 Å². The number of nitrogens with one attached hydrogen (secondary N) is 1. The first kappa shape index (κ1) is 18.8. The normalized spacial score (nSPS) is 21.4. The van der Waals surface area contributed by atoms with Crippen LogP contribution in [0.15, 0.2) is 24.3 Å². The van der Waals surface area contributed by atoms with E-state index in [1.165, 1.54) is 0 Å². The predicted octanol–water partition coefficient (Wildman–Crippen LogP) is 2.65. The van der Waals surface area contributed by atoms with Crippen LogP contribution in [-0.2, 0) is 11.2 Å². The molecule has 0 spiro atoms. The van der Waals surface area contributed by atoms with Crippen molar-refractivity contribution in [3.8, 4) is 5.75 Å². The smallest absolute Gasteiger partial charge is 0.227 e. The molecule has 2 rings (SSSR count). The average Bonchev–Trinajstić information content (AvgIpc) is 2.43. The second-order valence-corrected chi connectivity index (χ2v) is 6.02. The molecular weight excluding hydrogens is 300 g/mol. The van der Waals surface area contributed by atoms with Crippen LogP contribution in [0.1, 0.15) is 33.3 Å². The van der Waals surface area contributed by atoms with Gasteiger partial charge in [0, 0.05) is 30.7 Å². The number of carbonyl (C=O) groups excluding carboxylic acids is 1. The van der Waals surface area contributed by atoms with E-state index in [2.05, 4.69) is 19.2 Å². The number of amides is 1. The number of ether oxygens (including phenoxy) is 1. The van der Waals surface area contributed by atoms with Gasteiger partial charge in [0.15, 0.2) is 0 Å². The van der Waals surface area contributed by atoms with Crippen molar-refractivity contribution in [1.29, 1.82) is 0 Å². The maximum Gasteiger partial charge on any atom is 0.227 e. The first-order valence-corrected chi connectivity index (χ1v) is 7.76. The summed E-state index contributed by atoms with van der Waals surface area (Å²) in [5.41, 5.74) is 0.967. The van der Waals surface area contributed by atoms with Crippen molar-refractivity contribution in [1.82, 2.24) is 10.2 Å². The molecule has 2 atom stereocenters. The zero-order chi connectivity index (χ0) is 15.4. The Balaban J connectivity index is 0.00000242. The van der Waals surface area contributed by atoms with Gasteiger partial charge in [-0.05, 0) is 33.8 Å². The van der Waals surface area contributed by atoms with Gasteiger partial charge < -0.3 is 15.0 Å². The molecule has 124 valence electrons. The van der Waals surface area contributed by atoms with Crippen molar-refractivity contribution < 1.29 is 9.53 Å². The molecule has 1 amide bonds. The molecule has 2 unspecified atom stereocenters. The fraction of sp³-hybridized carbons (Fsp3) is 0.588. The summed E-state index contributed by atoms with van der Waals surface area (Å²) in [5, 5.41) is 3.40. The summed E-state index contributed by atoms with van der Waals surface area (Å²) >= 11 is 0. The SMILES string of the molecule is CC(C)Oc1ccccc1CC(=O)N1CCNC(C)C1C.Cl. The van der Waals surface area contributed by atoms with Crippen LogP contribution in [0.4, 0.5) is 0 Å². The maximum atomic E-state index is 12.6. The van der Waals surface area contributed by atoms with E-state index in [9.17, 15) is 4.79 Å². The lowest BCUT2D eigenvalue weighted by Gasteiger charge is -2.38. The molecule has 1 N–H and O–H groups in total. The summed E-state index contributed by atoms with van der Waals surface area (Å²) in [6, 6.07) is 8.38. The molecule has 0 saturated carbocycles.